The Hall–Kier alpha value is -2.56. The molecule has 1 heterocycles. The summed E-state index contributed by atoms with van der Waals surface area (Å²) >= 11 is 0. The second-order valence-corrected chi connectivity index (χ2v) is 4.87. The summed E-state index contributed by atoms with van der Waals surface area (Å²) in [7, 11) is 0. The summed E-state index contributed by atoms with van der Waals surface area (Å²) in [6, 6.07) is 11.4. The van der Waals surface area contributed by atoms with Gasteiger partial charge in [-0.1, -0.05) is 12.1 Å². The zero-order valence-electron chi connectivity index (χ0n) is 13.2. The van der Waals surface area contributed by atoms with E-state index in [0.717, 1.165) is 18.7 Å². The minimum atomic E-state index is -0.357. The highest BCUT2D eigenvalue weighted by molar-refractivity contribution is 5.92. The van der Waals surface area contributed by atoms with Crippen molar-refractivity contribution in [3.05, 3.63) is 53.5 Å². The van der Waals surface area contributed by atoms with E-state index in [4.69, 9.17) is 4.42 Å². The number of hydrogen-bond acceptors (Lipinski definition) is 4. The Morgan fingerprint density at radius 1 is 1.18 bits per heavy atom. The molecular formula is C17H21N3O2. The average Bonchev–Trinajstić information content (AvgIpc) is 2.96. The molecule has 1 aromatic heterocycles. The van der Waals surface area contributed by atoms with Crippen molar-refractivity contribution in [1.29, 1.82) is 0 Å². The molecule has 0 aliphatic rings. The van der Waals surface area contributed by atoms with Crippen LogP contribution in [0.15, 0.2) is 45.9 Å². The Labute approximate surface area is 130 Å². The first-order valence-electron chi connectivity index (χ1n) is 7.39. The lowest BCUT2D eigenvalue weighted by molar-refractivity contribution is 0.0926. The number of nitrogens with zero attached hydrogens (tertiary/aromatic N) is 2. The number of anilines is 1. The van der Waals surface area contributed by atoms with Crippen LogP contribution in [-0.2, 0) is 0 Å². The maximum Gasteiger partial charge on any atom is 0.307 e. The van der Waals surface area contributed by atoms with Gasteiger partial charge in [0.25, 0.3) is 0 Å². The zero-order valence-corrected chi connectivity index (χ0v) is 13.2. The molecule has 22 heavy (non-hydrogen) atoms. The number of amides is 1. The number of furan rings is 1. The minimum absolute atomic E-state index is 0.256. The molecule has 0 saturated heterocycles. The number of hydrogen-bond donors (Lipinski definition) is 1. The number of aryl methyl sites for hydroxylation is 1. The van der Waals surface area contributed by atoms with E-state index in [1.54, 1.807) is 25.3 Å². The Bertz CT molecular complexity index is 640. The molecule has 2 aromatic rings. The van der Waals surface area contributed by atoms with Crippen LogP contribution in [0.25, 0.3) is 0 Å². The van der Waals surface area contributed by atoms with Crippen molar-refractivity contribution in [2.75, 3.05) is 18.0 Å². The fourth-order valence-corrected chi connectivity index (χ4v) is 2.14. The van der Waals surface area contributed by atoms with Crippen LogP contribution in [0.4, 0.5) is 5.69 Å². The van der Waals surface area contributed by atoms with Crippen LogP contribution in [0.2, 0.25) is 0 Å². The van der Waals surface area contributed by atoms with E-state index in [1.165, 1.54) is 5.69 Å². The Morgan fingerprint density at radius 3 is 2.41 bits per heavy atom. The smallest absolute Gasteiger partial charge is 0.307 e. The normalized spacial score (nSPS) is 10.9. The van der Waals surface area contributed by atoms with Gasteiger partial charge in [0.05, 0.1) is 6.21 Å². The summed E-state index contributed by atoms with van der Waals surface area (Å²) in [5.41, 5.74) is 4.55. The number of carbonyl (C=O) groups is 1. The third-order valence-corrected chi connectivity index (χ3v) is 3.37. The van der Waals surface area contributed by atoms with Gasteiger partial charge < -0.3 is 9.32 Å². The molecule has 0 radical (unpaired) electrons. The molecule has 1 aromatic carbocycles. The van der Waals surface area contributed by atoms with Crippen molar-refractivity contribution in [3.8, 4) is 0 Å². The van der Waals surface area contributed by atoms with E-state index in [0.29, 0.717) is 5.76 Å². The largest absolute Gasteiger partial charge is 0.456 e. The van der Waals surface area contributed by atoms with Crippen LogP contribution in [0.5, 0.6) is 0 Å². The molecule has 5 nitrogen and oxygen atoms in total. The van der Waals surface area contributed by atoms with Crippen LogP contribution < -0.4 is 10.3 Å². The monoisotopic (exact) mass is 299 g/mol. The molecule has 0 aliphatic heterocycles. The van der Waals surface area contributed by atoms with Gasteiger partial charge in [-0.15, -0.1) is 0 Å². The first-order chi connectivity index (χ1) is 10.6. The molecule has 1 N–H and O–H groups in total. The highest BCUT2D eigenvalue weighted by Gasteiger charge is 2.08. The average molecular weight is 299 g/mol. The van der Waals surface area contributed by atoms with Crippen molar-refractivity contribution in [3.63, 3.8) is 0 Å². The van der Waals surface area contributed by atoms with E-state index in [2.05, 4.69) is 29.3 Å². The van der Waals surface area contributed by atoms with Crippen molar-refractivity contribution in [2.45, 2.75) is 20.8 Å². The quantitative estimate of drug-likeness (QED) is 0.658. The zero-order chi connectivity index (χ0) is 15.9. The maximum atomic E-state index is 11.7. The number of benzene rings is 1. The van der Waals surface area contributed by atoms with Crippen LogP contribution in [0, 0.1) is 6.92 Å². The molecule has 0 aliphatic carbocycles. The highest BCUT2D eigenvalue weighted by Crippen LogP contribution is 2.14. The maximum absolute atomic E-state index is 11.7. The van der Waals surface area contributed by atoms with Gasteiger partial charge in [-0.2, -0.15) is 5.10 Å². The van der Waals surface area contributed by atoms with Gasteiger partial charge in [-0.05, 0) is 50.6 Å². The van der Waals surface area contributed by atoms with Crippen LogP contribution in [0.1, 0.15) is 35.7 Å². The van der Waals surface area contributed by atoms with Gasteiger partial charge in [0.15, 0.2) is 5.76 Å². The molecule has 1 amide bonds. The molecule has 5 heteroatoms. The molecular weight excluding hydrogens is 278 g/mol. The van der Waals surface area contributed by atoms with Gasteiger partial charge in [-0.3, -0.25) is 4.79 Å². The molecule has 0 bridgehead atoms. The molecule has 0 atom stereocenters. The lowest BCUT2D eigenvalue weighted by atomic mass is 10.2. The molecule has 0 spiro atoms. The van der Waals surface area contributed by atoms with E-state index in [1.807, 2.05) is 24.3 Å². The van der Waals surface area contributed by atoms with Gasteiger partial charge in [0, 0.05) is 18.8 Å². The fourth-order valence-electron chi connectivity index (χ4n) is 2.14. The summed E-state index contributed by atoms with van der Waals surface area (Å²) in [5, 5.41) is 3.94. The molecule has 116 valence electrons. The van der Waals surface area contributed by atoms with Gasteiger partial charge in [0.2, 0.25) is 0 Å². The van der Waals surface area contributed by atoms with Gasteiger partial charge >= 0.3 is 5.91 Å². The summed E-state index contributed by atoms with van der Waals surface area (Å²) in [6.07, 6.45) is 1.61. The lowest BCUT2D eigenvalue weighted by Gasteiger charge is -2.20. The molecule has 0 unspecified atom stereocenters. The summed E-state index contributed by atoms with van der Waals surface area (Å²) in [5.74, 6) is 0.594. The topological polar surface area (TPSA) is 57.8 Å². The Morgan fingerprint density at radius 2 is 1.86 bits per heavy atom. The van der Waals surface area contributed by atoms with Crippen molar-refractivity contribution in [1.82, 2.24) is 5.43 Å². The van der Waals surface area contributed by atoms with Crippen LogP contribution in [-0.4, -0.2) is 25.2 Å². The standard InChI is InChI=1S/C17H21N3O2/c1-4-20(5-2)15-9-7-14(8-10-15)12-18-19-17(21)16-11-6-13(3)22-16/h6-12H,4-5H2,1-3H3,(H,19,21). The summed E-state index contributed by atoms with van der Waals surface area (Å²) in [6.45, 7) is 8.00. The minimum Gasteiger partial charge on any atom is -0.456 e. The summed E-state index contributed by atoms with van der Waals surface area (Å²) < 4.78 is 5.22. The Kier molecular flexibility index (Phi) is 5.36. The van der Waals surface area contributed by atoms with Crippen molar-refractivity contribution in [2.24, 2.45) is 5.10 Å². The third kappa shape index (κ3) is 3.97. The van der Waals surface area contributed by atoms with Crippen molar-refractivity contribution < 1.29 is 9.21 Å². The van der Waals surface area contributed by atoms with E-state index >= 15 is 0 Å². The van der Waals surface area contributed by atoms with Gasteiger partial charge in [0.1, 0.15) is 5.76 Å². The first-order valence-corrected chi connectivity index (χ1v) is 7.39. The van der Waals surface area contributed by atoms with Crippen molar-refractivity contribution >= 4 is 17.8 Å². The fraction of sp³-hybridized carbons (Fsp3) is 0.294. The predicted molar refractivity (Wildman–Crippen MR) is 88.5 cm³/mol. The van der Waals surface area contributed by atoms with Crippen LogP contribution in [0.3, 0.4) is 0 Å². The second kappa shape index (κ2) is 7.45. The van der Waals surface area contributed by atoms with Crippen LogP contribution >= 0.6 is 0 Å². The van der Waals surface area contributed by atoms with Gasteiger partial charge in [-0.25, -0.2) is 5.43 Å². The molecule has 0 fully saturated rings. The third-order valence-electron chi connectivity index (χ3n) is 3.37. The number of rotatable bonds is 6. The Balaban J connectivity index is 1.94. The predicted octanol–water partition coefficient (Wildman–Crippen LogP) is 3.20. The first kappa shape index (κ1) is 15.8. The molecule has 2 rings (SSSR count). The SMILES string of the molecule is CCN(CC)c1ccc(C=NNC(=O)c2ccc(C)o2)cc1. The van der Waals surface area contributed by atoms with E-state index in [-0.39, 0.29) is 11.7 Å². The van der Waals surface area contributed by atoms with E-state index in [9.17, 15) is 4.79 Å². The highest BCUT2D eigenvalue weighted by atomic mass is 16.3. The number of hydrazone groups is 1. The summed E-state index contributed by atoms with van der Waals surface area (Å²) in [4.78, 5) is 14.0. The number of nitrogens with one attached hydrogen (secondary N) is 1. The number of carbonyl (C=O) groups excluding carboxylic acids is 1. The second-order valence-electron chi connectivity index (χ2n) is 4.87. The molecule has 0 saturated carbocycles. The van der Waals surface area contributed by atoms with E-state index < -0.39 is 0 Å². The lowest BCUT2D eigenvalue weighted by Crippen LogP contribution is -2.21.